The number of benzene rings is 1. The quantitative estimate of drug-likeness (QED) is 0.818. The third kappa shape index (κ3) is 9.16. The van der Waals surface area contributed by atoms with Crippen molar-refractivity contribution in [3.05, 3.63) is 35.4 Å². The van der Waals surface area contributed by atoms with Gasteiger partial charge in [0.1, 0.15) is 6.11 Å². The highest BCUT2D eigenvalue weighted by Gasteiger charge is 2.16. The van der Waals surface area contributed by atoms with E-state index in [0.29, 0.717) is 0 Å². The zero-order valence-electron chi connectivity index (χ0n) is 12.7. The van der Waals surface area contributed by atoms with E-state index in [-0.39, 0.29) is 17.9 Å². The highest BCUT2D eigenvalue weighted by molar-refractivity contribution is 5.22. The van der Waals surface area contributed by atoms with Crippen LogP contribution in [0.2, 0.25) is 0 Å². The van der Waals surface area contributed by atoms with Crippen molar-refractivity contribution in [3.63, 3.8) is 0 Å². The lowest BCUT2D eigenvalue weighted by Gasteiger charge is -2.21. The molecular formula is C17H26O2. The fourth-order valence-electron chi connectivity index (χ4n) is 1.44. The Morgan fingerprint density at radius 3 is 2.00 bits per heavy atom. The fraction of sp³-hybridized carbons (Fsp3) is 0.529. The second-order valence-corrected chi connectivity index (χ2v) is 5.90. The first-order chi connectivity index (χ1) is 8.80. The van der Waals surface area contributed by atoms with E-state index in [1.54, 1.807) is 0 Å². The van der Waals surface area contributed by atoms with Gasteiger partial charge in [0.05, 0.1) is 0 Å². The SMILES string of the molecule is CC(C)C#CO.Cc1ccc(CC(C)(C)CO)cc1. The van der Waals surface area contributed by atoms with Crippen molar-refractivity contribution in [1.29, 1.82) is 0 Å². The van der Waals surface area contributed by atoms with Crippen molar-refractivity contribution in [2.24, 2.45) is 11.3 Å². The first-order valence-electron chi connectivity index (χ1n) is 6.62. The summed E-state index contributed by atoms with van der Waals surface area (Å²) in [5, 5.41) is 17.0. The van der Waals surface area contributed by atoms with Crippen molar-refractivity contribution < 1.29 is 10.2 Å². The number of rotatable bonds is 3. The molecule has 0 aromatic heterocycles. The van der Waals surface area contributed by atoms with Crippen LogP contribution in [0.3, 0.4) is 0 Å². The molecule has 0 radical (unpaired) electrons. The average Bonchev–Trinajstić information content (AvgIpc) is 2.33. The third-order valence-corrected chi connectivity index (χ3v) is 2.58. The van der Waals surface area contributed by atoms with E-state index in [1.807, 2.05) is 20.0 Å². The van der Waals surface area contributed by atoms with Crippen LogP contribution in [-0.2, 0) is 6.42 Å². The van der Waals surface area contributed by atoms with Crippen molar-refractivity contribution in [2.45, 2.75) is 41.0 Å². The van der Waals surface area contributed by atoms with Crippen LogP contribution in [0.4, 0.5) is 0 Å². The lowest BCUT2D eigenvalue weighted by Crippen LogP contribution is -2.19. The molecule has 1 aromatic rings. The molecule has 0 aliphatic carbocycles. The summed E-state index contributed by atoms with van der Waals surface area (Å²) in [5.41, 5.74) is 2.57. The van der Waals surface area contributed by atoms with Crippen molar-refractivity contribution in [2.75, 3.05) is 6.61 Å². The van der Waals surface area contributed by atoms with Gasteiger partial charge in [-0.05, 0) is 24.3 Å². The Kier molecular flexibility index (Phi) is 7.95. The maximum absolute atomic E-state index is 9.11. The highest BCUT2D eigenvalue weighted by Crippen LogP contribution is 2.20. The standard InChI is InChI=1S/C12H18O.C5H8O/c1-10-4-6-11(7-5-10)8-12(2,3)9-13;1-5(2)3-4-6/h4-7,13H,8-9H2,1-3H3;5-6H,1-2H3. The first-order valence-corrected chi connectivity index (χ1v) is 6.62. The molecular weight excluding hydrogens is 236 g/mol. The summed E-state index contributed by atoms with van der Waals surface area (Å²) in [6.07, 6.45) is 2.75. The van der Waals surface area contributed by atoms with Gasteiger partial charge in [0.2, 0.25) is 0 Å². The Balaban J connectivity index is 0.000000459. The van der Waals surface area contributed by atoms with Gasteiger partial charge >= 0.3 is 0 Å². The summed E-state index contributed by atoms with van der Waals surface area (Å²) in [5.74, 6) is 2.80. The van der Waals surface area contributed by atoms with Gasteiger partial charge in [-0.2, -0.15) is 0 Å². The monoisotopic (exact) mass is 262 g/mol. The fourth-order valence-corrected chi connectivity index (χ4v) is 1.44. The van der Waals surface area contributed by atoms with Gasteiger partial charge < -0.3 is 10.2 Å². The third-order valence-electron chi connectivity index (χ3n) is 2.58. The van der Waals surface area contributed by atoms with E-state index < -0.39 is 0 Å². The topological polar surface area (TPSA) is 40.5 Å². The number of aryl methyl sites for hydroxylation is 1. The van der Waals surface area contributed by atoms with Crippen LogP contribution in [0.25, 0.3) is 0 Å². The largest absolute Gasteiger partial charge is 0.462 e. The Bertz CT molecular complexity index is 405. The minimum Gasteiger partial charge on any atom is -0.462 e. The maximum Gasteiger partial charge on any atom is 0.107 e. The highest BCUT2D eigenvalue weighted by atomic mass is 16.3. The van der Waals surface area contributed by atoms with Gasteiger partial charge in [-0.1, -0.05) is 63.4 Å². The zero-order chi connectivity index (χ0) is 14.9. The molecule has 0 unspecified atom stereocenters. The second kappa shape index (κ2) is 8.61. The molecule has 0 spiro atoms. The van der Waals surface area contributed by atoms with E-state index in [9.17, 15) is 0 Å². The van der Waals surface area contributed by atoms with Crippen LogP contribution >= 0.6 is 0 Å². The van der Waals surface area contributed by atoms with Gasteiger partial charge in [-0.25, -0.2) is 0 Å². The summed E-state index contributed by atoms with van der Waals surface area (Å²) >= 11 is 0. The number of aliphatic hydroxyl groups excluding tert-OH is 2. The van der Waals surface area contributed by atoms with Gasteiger partial charge in [0, 0.05) is 12.5 Å². The molecule has 106 valence electrons. The van der Waals surface area contributed by atoms with Crippen LogP contribution in [0, 0.1) is 30.3 Å². The Morgan fingerprint density at radius 2 is 1.68 bits per heavy atom. The molecule has 2 nitrogen and oxygen atoms in total. The van der Waals surface area contributed by atoms with Crippen LogP contribution in [0.5, 0.6) is 0 Å². The van der Waals surface area contributed by atoms with Gasteiger partial charge in [0.25, 0.3) is 0 Å². The average molecular weight is 262 g/mol. The lowest BCUT2D eigenvalue weighted by atomic mass is 9.86. The molecule has 1 rings (SSSR count). The summed E-state index contributed by atoms with van der Waals surface area (Å²) in [7, 11) is 0. The first kappa shape index (κ1) is 17.5. The van der Waals surface area contributed by atoms with Crippen LogP contribution in [0.1, 0.15) is 38.8 Å². The number of hydrogen-bond donors (Lipinski definition) is 2. The second-order valence-electron chi connectivity index (χ2n) is 5.90. The molecule has 0 saturated heterocycles. The van der Waals surface area contributed by atoms with Gasteiger partial charge in [-0.15, -0.1) is 0 Å². The molecule has 0 aliphatic rings. The van der Waals surface area contributed by atoms with Crippen LogP contribution in [-0.4, -0.2) is 16.8 Å². The molecule has 2 heteroatoms. The predicted molar refractivity (Wildman–Crippen MR) is 80.3 cm³/mol. The van der Waals surface area contributed by atoms with E-state index in [1.165, 1.54) is 11.1 Å². The minimum absolute atomic E-state index is 0.00470. The van der Waals surface area contributed by atoms with Gasteiger partial charge in [-0.3, -0.25) is 0 Å². The smallest absolute Gasteiger partial charge is 0.107 e. The summed E-state index contributed by atoms with van der Waals surface area (Å²) < 4.78 is 0. The zero-order valence-corrected chi connectivity index (χ0v) is 12.7. The minimum atomic E-state index is -0.00470. The Hall–Kier alpha value is -1.46. The molecule has 0 saturated carbocycles. The molecule has 19 heavy (non-hydrogen) atoms. The summed E-state index contributed by atoms with van der Waals surface area (Å²) in [4.78, 5) is 0. The molecule has 0 amide bonds. The van der Waals surface area contributed by atoms with E-state index in [0.717, 1.165) is 6.42 Å². The van der Waals surface area contributed by atoms with E-state index in [2.05, 4.69) is 51.0 Å². The lowest BCUT2D eigenvalue weighted by molar-refractivity contribution is 0.159. The van der Waals surface area contributed by atoms with Gasteiger partial charge in [0.15, 0.2) is 0 Å². The van der Waals surface area contributed by atoms with Crippen molar-refractivity contribution >= 4 is 0 Å². The number of hydrogen-bond acceptors (Lipinski definition) is 2. The Morgan fingerprint density at radius 1 is 1.16 bits per heavy atom. The Labute approximate surface area is 117 Å². The molecule has 0 aliphatic heterocycles. The summed E-state index contributed by atoms with van der Waals surface area (Å²) in [6, 6.07) is 8.49. The predicted octanol–water partition coefficient (Wildman–Crippen LogP) is 3.53. The normalized spacial score (nSPS) is 10.3. The molecule has 1 aromatic carbocycles. The molecule has 2 N–H and O–H groups in total. The van der Waals surface area contributed by atoms with Crippen molar-refractivity contribution in [3.8, 4) is 12.0 Å². The van der Waals surface area contributed by atoms with E-state index in [4.69, 9.17) is 10.2 Å². The molecule has 0 bridgehead atoms. The van der Waals surface area contributed by atoms with Crippen molar-refractivity contribution in [1.82, 2.24) is 0 Å². The number of aliphatic hydroxyl groups is 2. The van der Waals surface area contributed by atoms with E-state index >= 15 is 0 Å². The summed E-state index contributed by atoms with van der Waals surface area (Å²) in [6.45, 7) is 10.3. The van der Waals surface area contributed by atoms with Crippen LogP contribution in [0.15, 0.2) is 24.3 Å². The van der Waals surface area contributed by atoms with Crippen LogP contribution < -0.4 is 0 Å². The maximum atomic E-state index is 9.11. The molecule has 0 atom stereocenters. The molecule has 0 fully saturated rings. The molecule has 0 heterocycles.